The van der Waals surface area contributed by atoms with Crippen molar-refractivity contribution in [3.05, 3.63) is 29.8 Å². The van der Waals surface area contributed by atoms with Gasteiger partial charge in [0.1, 0.15) is 0 Å². The van der Waals surface area contributed by atoms with Crippen LogP contribution in [-0.2, 0) is 19.9 Å². The van der Waals surface area contributed by atoms with Crippen LogP contribution in [0.4, 0.5) is 0 Å². The first-order valence-electron chi connectivity index (χ1n) is 6.26. The molecule has 1 atom stereocenters. The molecule has 1 aromatic carbocycles. The van der Waals surface area contributed by atoms with Crippen molar-refractivity contribution < 1.29 is 16.8 Å². The second kappa shape index (κ2) is 5.44. The lowest BCUT2D eigenvalue weighted by Gasteiger charge is -2.30. The van der Waals surface area contributed by atoms with Gasteiger partial charge in [-0.2, -0.15) is 0 Å². The molecule has 1 aromatic rings. The van der Waals surface area contributed by atoms with Crippen molar-refractivity contribution in [3.8, 4) is 0 Å². The molecule has 112 valence electrons. The summed E-state index contributed by atoms with van der Waals surface area (Å²) < 4.78 is 47.5. The fourth-order valence-electron chi connectivity index (χ4n) is 1.98. The summed E-state index contributed by atoms with van der Waals surface area (Å²) in [5, 5.41) is 0.873. The van der Waals surface area contributed by atoms with Gasteiger partial charge in [0, 0.05) is 13.1 Å². The molecular formula is C12H18N2O4S2. The van der Waals surface area contributed by atoms with Gasteiger partial charge in [0.2, 0.25) is 0 Å². The molecule has 1 N–H and O–H groups in total. The van der Waals surface area contributed by atoms with Gasteiger partial charge in [0.05, 0.1) is 15.9 Å². The Balaban J connectivity index is 2.12. The maximum Gasteiger partial charge on any atom is 0.253 e. The highest BCUT2D eigenvalue weighted by atomic mass is 32.2. The summed E-state index contributed by atoms with van der Waals surface area (Å²) in [6.45, 7) is 3.79. The van der Waals surface area contributed by atoms with Crippen LogP contribution in [0.1, 0.15) is 12.5 Å². The minimum Gasteiger partial charge on any atom is -0.228 e. The predicted molar refractivity (Wildman–Crippen MR) is 76.3 cm³/mol. The first-order valence-corrected chi connectivity index (χ1v) is 9.46. The topological polar surface area (TPSA) is 83.6 Å². The molecule has 0 spiro atoms. The monoisotopic (exact) mass is 318 g/mol. The van der Waals surface area contributed by atoms with Crippen molar-refractivity contribution in [3.63, 3.8) is 0 Å². The normalized spacial score (nSPS) is 23.6. The maximum absolute atomic E-state index is 12.2. The van der Waals surface area contributed by atoms with Gasteiger partial charge in [-0.3, -0.25) is 0 Å². The molecule has 1 saturated heterocycles. The van der Waals surface area contributed by atoms with E-state index >= 15 is 0 Å². The first-order chi connectivity index (χ1) is 9.21. The summed E-state index contributed by atoms with van der Waals surface area (Å²) in [5.41, 5.74) is 0.974. The fourth-order valence-corrected chi connectivity index (χ4v) is 4.37. The van der Waals surface area contributed by atoms with Crippen molar-refractivity contribution in [2.24, 2.45) is 0 Å². The third-order valence-electron chi connectivity index (χ3n) is 3.32. The van der Waals surface area contributed by atoms with Crippen LogP contribution < -0.4 is 4.83 Å². The number of aryl methyl sites for hydroxylation is 1. The van der Waals surface area contributed by atoms with E-state index in [9.17, 15) is 16.8 Å². The molecule has 1 aliphatic heterocycles. The molecule has 2 rings (SSSR count). The maximum atomic E-state index is 12.2. The average Bonchev–Trinajstić information content (AvgIpc) is 2.34. The van der Waals surface area contributed by atoms with E-state index in [1.54, 1.807) is 19.1 Å². The second-order valence-electron chi connectivity index (χ2n) is 5.03. The fraction of sp³-hybridized carbons (Fsp3) is 0.500. The molecule has 0 amide bonds. The number of sulfonamides is 1. The Morgan fingerprint density at radius 3 is 2.40 bits per heavy atom. The lowest BCUT2D eigenvalue weighted by Crippen LogP contribution is -2.53. The van der Waals surface area contributed by atoms with Crippen LogP contribution in [0.2, 0.25) is 0 Å². The highest BCUT2D eigenvalue weighted by Gasteiger charge is 2.31. The van der Waals surface area contributed by atoms with E-state index in [1.165, 1.54) is 17.1 Å². The number of hydrazine groups is 1. The number of rotatable bonds is 3. The van der Waals surface area contributed by atoms with Gasteiger partial charge >= 0.3 is 0 Å². The summed E-state index contributed by atoms with van der Waals surface area (Å²) in [6.07, 6.45) is 0. The van der Waals surface area contributed by atoms with Crippen molar-refractivity contribution in [2.45, 2.75) is 24.0 Å². The molecular weight excluding hydrogens is 300 g/mol. The molecule has 8 heteroatoms. The van der Waals surface area contributed by atoms with E-state index in [-0.39, 0.29) is 23.7 Å². The number of benzene rings is 1. The van der Waals surface area contributed by atoms with Crippen LogP contribution in [0.15, 0.2) is 29.2 Å². The third-order valence-corrected chi connectivity index (χ3v) is 6.83. The zero-order valence-electron chi connectivity index (χ0n) is 11.4. The Bertz CT molecular complexity index is 681. The van der Waals surface area contributed by atoms with Crippen molar-refractivity contribution in [2.75, 3.05) is 18.8 Å². The number of hydrogen-bond acceptors (Lipinski definition) is 5. The Hall–Kier alpha value is -0.960. The molecule has 1 heterocycles. The molecule has 1 fully saturated rings. The molecule has 20 heavy (non-hydrogen) atoms. The Morgan fingerprint density at radius 2 is 1.85 bits per heavy atom. The highest BCUT2D eigenvalue weighted by molar-refractivity contribution is 7.92. The average molecular weight is 318 g/mol. The zero-order chi connectivity index (χ0) is 15.0. The molecule has 1 aliphatic rings. The number of nitrogens with zero attached hydrogens (tertiary/aromatic N) is 1. The Labute approximate surface area is 119 Å². The SMILES string of the molecule is Cc1ccc(S(=O)(=O)NN2CCS(=O)(=O)[C@@H](C)C2)cc1. The minimum absolute atomic E-state index is 0.0371. The Morgan fingerprint density at radius 1 is 1.25 bits per heavy atom. The predicted octanol–water partition coefficient (Wildman–Crippen LogP) is 0.307. The van der Waals surface area contributed by atoms with Gasteiger partial charge in [-0.25, -0.2) is 21.8 Å². The van der Waals surface area contributed by atoms with E-state index < -0.39 is 25.1 Å². The second-order valence-corrected chi connectivity index (χ2v) is 9.23. The van der Waals surface area contributed by atoms with Crippen LogP contribution in [0, 0.1) is 6.92 Å². The van der Waals surface area contributed by atoms with Crippen molar-refractivity contribution in [1.82, 2.24) is 9.84 Å². The zero-order valence-corrected chi connectivity index (χ0v) is 13.0. The molecule has 0 saturated carbocycles. The van der Waals surface area contributed by atoms with E-state index in [4.69, 9.17) is 0 Å². The smallest absolute Gasteiger partial charge is 0.228 e. The summed E-state index contributed by atoms with van der Waals surface area (Å²) >= 11 is 0. The van der Waals surface area contributed by atoms with E-state index in [0.717, 1.165) is 5.56 Å². The Kier molecular flexibility index (Phi) is 4.19. The highest BCUT2D eigenvalue weighted by Crippen LogP contribution is 2.14. The molecule has 0 unspecified atom stereocenters. The lowest BCUT2D eigenvalue weighted by atomic mass is 10.2. The number of hydrogen-bond donors (Lipinski definition) is 1. The number of nitrogens with one attached hydrogen (secondary N) is 1. The van der Waals surface area contributed by atoms with Crippen LogP contribution in [0.3, 0.4) is 0 Å². The molecule has 6 nitrogen and oxygen atoms in total. The van der Waals surface area contributed by atoms with E-state index in [1.807, 2.05) is 6.92 Å². The minimum atomic E-state index is -3.66. The quantitative estimate of drug-likeness (QED) is 0.867. The van der Waals surface area contributed by atoms with Crippen LogP contribution in [0.5, 0.6) is 0 Å². The van der Waals surface area contributed by atoms with Gasteiger partial charge in [0.25, 0.3) is 10.0 Å². The standard InChI is InChI=1S/C12H18N2O4S2/c1-10-3-5-12(6-4-10)20(17,18)13-14-7-8-19(15,16)11(2)9-14/h3-6,11,13H,7-9H2,1-2H3/t11-/m0/s1. The van der Waals surface area contributed by atoms with Crippen LogP contribution in [0.25, 0.3) is 0 Å². The van der Waals surface area contributed by atoms with Crippen molar-refractivity contribution >= 4 is 19.9 Å². The van der Waals surface area contributed by atoms with Crippen molar-refractivity contribution in [1.29, 1.82) is 0 Å². The van der Waals surface area contributed by atoms with Gasteiger partial charge in [-0.15, -0.1) is 4.83 Å². The molecule has 0 radical (unpaired) electrons. The number of sulfone groups is 1. The summed E-state index contributed by atoms with van der Waals surface area (Å²) in [7, 11) is -6.75. The van der Waals surface area contributed by atoms with Crippen LogP contribution in [-0.4, -0.2) is 45.9 Å². The molecule has 0 bridgehead atoms. The molecule has 0 aromatic heterocycles. The van der Waals surface area contributed by atoms with Gasteiger partial charge < -0.3 is 0 Å². The van der Waals surface area contributed by atoms with Crippen LogP contribution >= 0.6 is 0 Å². The summed E-state index contributed by atoms with van der Waals surface area (Å²) in [5.74, 6) is -0.0371. The summed E-state index contributed by atoms with van der Waals surface area (Å²) in [6, 6.07) is 6.50. The van der Waals surface area contributed by atoms with Gasteiger partial charge in [-0.05, 0) is 26.0 Å². The lowest BCUT2D eigenvalue weighted by molar-refractivity contribution is 0.245. The third kappa shape index (κ3) is 3.38. The van der Waals surface area contributed by atoms with E-state index in [2.05, 4.69) is 4.83 Å². The van der Waals surface area contributed by atoms with Gasteiger partial charge in [0.15, 0.2) is 9.84 Å². The summed E-state index contributed by atoms with van der Waals surface area (Å²) in [4.78, 5) is 2.61. The molecule has 0 aliphatic carbocycles. The van der Waals surface area contributed by atoms with E-state index in [0.29, 0.717) is 0 Å². The largest absolute Gasteiger partial charge is 0.253 e. The van der Waals surface area contributed by atoms with Gasteiger partial charge in [-0.1, -0.05) is 17.7 Å². The first kappa shape index (κ1) is 15.4.